The number of anilines is 1. The summed E-state index contributed by atoms with van der Waals surface area (Å²) >= 11 is 0. The molecule has 0 spiro atoms. The fourth-order valence-electron chi connectivity index (χ4n) is 6.43. The maximum absolute atomic E-state index is 16.4. The van der Waals surface area contributed by atoms with Crippen LogP contribution in [0.25, 0.3) is 38.9 Å². The average molecular weight is 609 g/mol. The Hall–Kier alpha value is -5.13. The average Bonchev–Trinajstić information content (AvgIpc) is 3.45. The predicted molar refractivity (Wildman–Crippen MR) is 169 cm³/mol. The Morgan fingerprint density at radius 3 is 2.80 bits per heavy atom. The molecule has 1 aromatic carbocycles. The molecule has 1 amide bonds. The summed E-state index contributed by atoms with van der Waals surface area (Å²) in [7, 11) is 0. The van der Waals surface area contributed by atoms with Crippen LogP contribution < -0.4 is 15.3 Å². The van der Waals surface area contributed by atoms with E-state index in [1.54, 1.807) is 23.4 Å². The number of hydrogen-bond acceptors (Lipinski definition) is 8. The molecule has 12 heteroatoms. The highest BCUT2D eigenvalue weighted by Crippen LogP contribution is 2.37. The van der Waals surface area contributed by atoms with Crippen LogP contribution in [0.2, 0.25) is 0 Å². The van der Waals surface area contributed by atoms with E-state index in [2.05, 4.69) is 21.6 Å². The van der Waals surface area contributed by atoms with Gasteiger partial charge in [0.05, 0.1) is 29.4 Å². The topological polar surface area (TPSA) is 111 Å². The van der Waals surface area contributed by atoms with E-state index in [4.69, 9.17) is 9.72 Å². The van der Waals surface area contributed by atoms with Crippen LogP contribution in [0, 0.1) is 5.82 Å². The molecule has 1 saturated heterocycles. The Labute approximate surface area is 258 Å². The molecule has 7 rings (SSSR count). The minimum atomic E-state index is -0.586. The van der Waals surface area contributed by atoms with Crippen molar-refractivity contribution in [1.82, 2.24) is 34.2 Å². The summed E-state index contributed by atoms with van der Waals surface area (Å²) in [4.78, 5) is 44.4. The molecule has 2 aliphatic rings. The largest absolute Gasteiger partial charge is 0.491 e. The molecule has 0 aliphatic carbocycles. The van der Waals surface area contributed by atoms with Gasteiger partial charge < -0.3 is 14.5 Å². The van der Waals surface area contributed by atoms with Crippen LogP contribution in [0.15, 0.2) is 60.2 Å². The molecular weight excluding hydrogens is 575 g/mol. The van der Waals surface area contributed by atoms with Crippen molar-refractivity contribution in [2.24, 2.45) is 0 Å². The lowest BCUT2D eigenvalue weighted by Crippen LogP contribution is -2.54. The first-order chi connectivity index (χ1) is 21.8. The molecule has 5 aromatic rings. The molecule has 6 heterocycles. The first-order valence-corrected chi connectivity index (χ1v) is 15.1. The van der Waals surface area contributed by atoms with Crippen molar-refractivity contribution >= 4 is 33.7 Å². The summed E-state index contributed by atoms with van der Waals surface area (Å²) < 4.78 is 26.0. The maximum Gasteiger partial charge on any atom is 0.356 e. The number of piperazine rings is 1. The standard InChI is InChI=1S/C33H33FN8O3/c1-5-26(43)39-13-14-40(20(4)18-39)31-23-16-24(34)28-22-9-6-8-21-17-36-41(29(21)22)12-7-15-45-25-10-11-35-27(19(2)3)30(25)42(32(23)37-28)33(44)38-31/h5-6,8-11,16-17,19-20H,1,7,12-15,18H2,2-4H3/t20-/m0/s1. The SMILES string of the molecule is C=CC(=O)N1CCN(c2nc(=O)n3c4nc(c(F)cc24)-c2cccc4cnn(c24)CCCOc2ccnc(C(C)C)c2-3)[C@@H](C)C1. The molecule has 2 bridgehead atoms. The summed E-state index contributed by atoms with van der Waals surface area (Å²) in [6.07, 6.45) is 5.34. The number of rotatable bonds is 3. The Kier molecular flexibility index (Phi) is 7.06. The molecular formula is C33H33FN8O3. The van der Waals surface area contributed by atoms with Crippen LogP contribution in [0.4, 0.5) is 10.2 Å². The second-order valence-electron chi connectivity index (χ2n) is 11.8. The van der Waals surface area contributed by atoms with Crippen LogP contribution in [-0.2, 0) is 11.3 Å². The lowest BCUT2D eigenvalue weighted by molar-refractivity contribution is -0.126. The molecule has 11 nitrogen and oxygen atoms in total. The zero-order valence-electron chi connectivity index (χ0n) is 25.4. The van der Waals surface area contributed by atoms with Gasteiger partial charge in [-0.05, 0) is 25.0 Å². The normalized spacial score (nSPS) is 16.7. The van der Waals surface area contributed by atoms with Gasteiger partial charge in [0.2, 0.25) is 5.91 Å². The fraction of sp³-hybridized carbons (Fsp3) is 0.333. The van der Waals surface area contributed by atoms with E-state index in [0.29, 0.717) is 73.1 Å². The molecule has 230 valence electrons. The Balaban J connectivity index is 1.55. The van der Waals surface area contributed by atoms with Gasteiger partial charge in [-0.2, -0.15) is 10.1 Å². The number of aryl methyl sites for hydroxylation is 1. The number of pyridine rings is 2. The second-order valence-corrected chi connectivity index (χ2v) is 11.8. The van der Waals surface area contributed by atoms with Crippen molar-refractivity contribution in [2.45, 2.75) is 45.7 Å². The second kappa shape index (κ2) is 11.1. The number of carbonyl (C=O) groups excluding carboxylic acids is 1. The molecule has 0 unspecified atom stereocenters. The summed E-state index contributed by atoms with van der Waals surface area (Å²) in [5.74, 6) is -0.0112. The van der Waals surface area contributed by atoms with E-state index in [1.807, 2.05) is 48.6 Å². The van der Waals surface area contributed by atoms with Crippen LogP contribution in [-0.4, -0.2) is 72.4 Å². The summed E-state index contributed by atoms with van der Waals surface area (Å²) in [6.45, 7) is 11.6. The van der Waals surface area contributed by atoms with Crippen LogP contribution in [0.5, 0.6) is 5.75 Å². The highest BCUT2D eigenvalue weighted by atomic mass is 19.1. The minimum absolute atomic E-state index is 0.0741. The lowest BCUT2D eigenvalue weighted by atomic mass is 10.1. The molecule has 1 atom stereocenters. The van der Waals surface area contributed by atoms with Crippen molar-refractivity contribution < 1.29 is 13.9 Å². The van der Waals surface area contributed by atoms with Crippen molar-refractivity contribution in [2.75, 3.05) is 31.1 Å². The fourth-order valence-corrected chi connectivity index (χ4v) is 6.43. The van der Waals surface area contributed by atoms with E-state index in [-0.39, 0.29) is 29.2 Å². The van der Waals surface area contributed by atoms with Gasteiger partial charge in [0.25, 0.3) is 0 Å². The number of carbonyl (C=O) groups is 1. The third-order valence-corrected chi connectivity index (χ3v) is 8.56. The summed E-state index contributed by atoms with van der Waals surface area (Å²) in [5.41, 5.74) is 2.15. The number of fused-ring (bicyclic) bond motifs is 4. The number of hydrogen-bond donors (Lipinski definition) is 0. The smallest absolute Gasteiger partial charge is 0.356 e. The van der Waals surface area contributed by atoms with Crippen molar-refractivity contribution in [3.05, 3.63) is 77.4 Å². The zero-order chi connectivity index (χ0) is 31.4. The summed E-state index contributed by atoms with van der Waals surface area (Å²) in [5, 5.41) is 5.80. The van der Waals surface area contributed by atoms with Gasteiger partial charge in [-0.25, -0.2) is 18.7 Å². The van der Waals surface area contributed by atoms with Crippen LogP contribution in [0.3, 0.4) is 0 Å². The number of aromatic nitrogens is 6. The van der Waals surface area contributed by atoms with Crippen molar-refractivity contribution in [1.29, 1.82) is 0 Å². The molecule has 0 N–H and O–H groups in total. The highest BCUT2D eigenvalue weighted by molar-refractivity contribution is 5.96. The number of halogens is 1. The van der Waals surface area contributed by atoms with E-state index in [0.717, 1.165) is 10.9 Å². The van der Waals surface area contributed by atoms with Gasteiger partial charge >= 0.3 is 5.69 Å². The first-order valence-electron chi connectivity index (χ1n) is 15.1. The van der Waals surface area contributed by atoms with Crippen molar-refractivity contribution in [3.8, 4) is 22.7 Å². The van der Waals surface area contributed by atoms with E-state index in [9.17, 15) is 9.59 Å². The van der Waals surface area contributed by atoms with Crippen molar-refractivity contribution in [3.63, 3.8) is 0 Å². The summed E-state index contributed by atoms with van der Waals surface area (Å²) in [6, 6.07) is 8.54. The third-order valence-electron chi connectivity index (χ3n) is 8.56. The molecule has 1 fully saturated rings. The van der Waals surface area contributed by atoms with Gasteiger partial charge in [0.15, 0.2) is 5.65 Å². The zero-order valence-corrected chi connectivity index (χ0v) is 25.4. The lowest BCUT2D eigenvalue weighted by Gasteiger charge is -2.40. The molecule has 45 heavy (non-hydrogen) atoms. The first kappa shape index (κ1) is 28.6. The Morgan fingerprint density at radius 1 is 1.18 bits per heavy atom. The van der Waals surface area contributed by atoms with Gasteiger partial charge in [-0.1, -0.05) is 38.6 Å². The van der Waals surface area contributed by atoms with Gasteiger partial charge in [-0.3, -0.25) is 14.5 Å². The number of para-hydroxylation sites is 1. The quantitative estimate of drug-likeness (QED) is 0.276. The van der Waals surface area contributed by atoms with E-state index >= 15 is 4.39 Å². The Bertz CT molecular complexity index is 2050. The predicted octanol–water partition coefficient (Wildman–Crippen LogP) is 4.46. The van der Waals surface area contributed by atoms with Crippen LogP contribution >= 0.6 is 0 Å². The third kappa shape index (κ3) is 4.71. The molecule has 0 saturated carbocycles. The van der Waals surface area contributed by atoms with E-state index in [1.165, 1.54) is 16.7 Å². The minimum Gasteiger partial charge on any atom is -0.491 e. The number of ether oxygens (including phenoxy) is 1. The van der Waals surface area contributed by atoms with Crippen LogP contribution in [0.1, 0.15) is 38.8 Å². The number of benzene rings is 1. The van der Waals surface area contributed by atoms with Gasteiger partial charge in [0, 0.05) is 61.9 Å². The molecule has 4 aromatic heterocycles. The van der Waals surface area contributed by atoms with E-state index < -0.39 is 11.5 Å². The molecule has 2 aliphatic heterocycles. The number of amides is 1. The monoisotopic (exact) mass is 608 g/mol. The van der Waals surface area contributed by atoms with Gasteiger partial charge in [-0.15, -0.1) is 0 Å². The van der Waals surface area contributed by atoms with Gasteiger partial charge in [0.1, 0.15) is 28.8 Å². The Morgan fingerprint density at radius 2 is 2.02 bits per heavy atom. The molecule has 0 radical (unpaired) electrons. The number of nitrogens with zero attached hydrogens (tertiary/aromatic N) is 8. The highest BCUT2D eigenvalue weighted by Gasteiger charge is 2.31. The maximum atomic E-state index is 16.4.